The first-order chi connectivity index (χ1) is 7.36. The second kappa shape index (κ2) is 3.89. The Labute approximate surface area is 94.8 Å². The summed E-state index contributed by atoms with van der Waals surface area (Å²) in [5, 5.41) is 2.15. The van der Waals surface area contributed by atoms with Crippen LogP contribution in [-0.2, 0) is 6.42 Å². The number of nitrogens with one attached hydrogen (secondary N) is 1. The molecule has 0 aliphatic heterocycles. The number of hydrogen-bond acceptors (Lipinski definition) is 3. The van der Waals surface area contributed by atoms with Gasteiger partial charge in [-0.2, -0.15) is 0 Å². The third kappa shape index (κ3) is 1.96. The minimum Gasteiger partial charge on any atom is -0.271 e. The number of rotatable bonds is 4. The van der Waals surface area contributed by atoms with Crippen molar-refractivity contribution in [2.45, 2.75) is 31.7 Å². The van der Waals surface area contributed by atoms with Crippen molar-refractivity contribution >= 4 is 11.3 Å². The third-order valence-corrected chi connectivity index (χ3v) is 4.96. The van der Waals surface area contributed by atoms with E-state index < -0.39 is 0 Å². The van der Waals surface area contributed by atoms with Gasteiger partial charge in [-0.3, -0.25) is 11.3 Å². The van der Waals surface area contributed by atoms with Gasteiger partial charge in [0, 0.05) is 10.9 Å². The average Bonchev–Trinajstić information content (AvgIpc) is 2.73. The van der Waals surface area contributed by atoms with Gasteiger partial charge >= 0.3 is 0 Å². The van der Waals surface area contributed by atoms with Gasteiger partial charge < -0.3 is 0 Å². The highest BCUT2D eigenvalue weighted by Crippen LogP contribution is 2.55. The number of nitrogens with two attached hydrogens (primary N) is 1. The van der Waals surface area contributed by atoms with Gasteiger partial charge in [0.15, 0.2) is 0 Å². The van der Waals surface area contributed by atoms with Crippen LogP contribution in [0.15, 0.2) is 17.5 Å². The summed E-state index contributed by atoms with van der Waals surface area (Å²) in [5.41, 5.74) is 3.03. The van der Waals surface area contributed by atoms with Gasteiger partial charge in [0.1, 0.15) is 0 Å². The Morgan fingerprint density at radius 3 is 2.80 bits per heavy atom. The standard InChI is InChI=1S/C12H18N2S/c13-14-12(7-11-2-1-3-15-11)10-5-8-4-9(8)6-10/h1-3,8-10,12,14H,4-7,13H2. The number of fused-ring (bicyclic) bond motifs is 1. The first-order valence-corrected chi connectivity index (χ1v) is 6.73. The Bertz CT molecular complexity index is 312. The summed E-state index contributed by atoms with van der Waals surface area (Å²) < 4.78 is 0. The second-order valence-electron chi connectivity index (χ2n) is 5.04. The van der Waals surface area contributed by atoms with Crippen LogP contribution in [0.25, 0.3) is 0 Å². The van der Waals surface area contributed by atoms with Crippen molar-refractivity contribution in [3.05, 3.63) is 22.4 Å². The molecule has 1 heterocycles. The minimum atomic E-state index is 0.497. The van der Waals surface area contributed by atoms with Crippen LogP contribution >= 0.6 is 11.3 Å². The fourth-order valence-electron chi connectivity index (χ4n) is 3.10. The van der Waals surface area contributed by atoms with Crippen LogP contribution in [-0.4, -0.2) is 6.04 Å². The van der Waals surface area contributed by atoms with E-state index in [9.17, 15) is 0 Å². The van der Waals surface area contributed by atoms with Crippen molar-refractivity contribution in [2.75, 3.05) is 0 Å². The molecule has 0 radical (unpaired) electrons. The summed E-state index contributed by atoms with van der Waals surface area (Å²) in [6.07, 6.45) is 5.42. The molecular weight excluding hydrogens is 204 g/mol. The smallest absolute Gasteiger partial charge is 0.0287 e. The van der Waals surface area contributed by atoms with Gasteiger partial charge in [-0.05, 0) is 54.9 Å². The predicted molar refractivity (Wildman–Crippen MR) is 63.5 cm³/mol. The van der Waals surface area contributed by atoms with Crippen LogP contribution in [0.4, 0.5) is 0 Å². The highest BCUT2D eigenvalue weighted by atomic mass is 32.1. The maximum absolute atomic E-state index is 5.68. The van der Waals surface area contributed by atoms with Gasteiger partial charge in [0.25, 0.3) is 0 Å². The average molecular weight is 222 g/mol. The van der Waals surface area contributed by atoms with Crippen LogP contribution in [0.2, 0.25) is 0 Å². The summed E-state index contributed by atoms with van der Waals surface area (Å²) in [5.74, 6) is 8.60. The zero-order valence-electron chi connectivity index (χ0n) is 8.86. The number of thiophene rings is 1. The molecule has 2 fully saturated rings. The summed E-state index contributed by atoms with van der Waals surface area (Å²) in [4.78, 5) is 1.46. The monoisotopic (exact) mass is 222 g/mol. The fraction of sp³-hybridized carbons (Fsp3) is 0.667. The van der Waals surface area contributed by atoms with Crippen molar-refractivity contribution in [3.63, 3.8) is 0 Å². The lowest BCUT2D eigenvalue weighted by molar-refractivity contribution is 0.337. The summed E-state index contributed by atoms with van der Waals surface area (Å²) >= 11 is 1.84. The Morgan fingerprint density at radius 2 is 2.20 bits per heavy atom. The SMILES string of the molecule is NNC(Cc1cccs1)C1CC2CC2C1. The van der Waals surface area contributed by atoms with E-state index in [1.54, 1.807) is 0 Å². The molecule has 0 aromatic carbocycles. The molecule has 1 aromatic rings. The van der Waals surface area contributed by atoms with E-state index in [1.165, 1.54) is 24.1 Å². The van der Waals surface area contributed by atoms with E-state index in [2.05, 4.69) is 22.9 Å². The summed E-state index contributed by atoms with van der Waals surface area (Å²) in [7, 11) is 0. The van der Waals surface area contributed by atoms with Crippen molar-refractivity contribution < 1.29 is 0 Å². The van der Waals surface area contributed by atoms with Crippen LogP contribution in [0, 0.1) is 17.8 Å². The molecule has 0 saturated heterocycles. The van der Waals surface area contributed by atoms with E-state index in [0.29, 0.717) is 6.04 Å². The Kier molecular flexibility index (Phi) is 2.54. The molecule has 0 amide bonds. The molecule has 0 spiro atoms. The molecule has 1 aromatic heterocycles. The van der Waals surface area contributed by atoms with E-state index in [0.717, 1.165) is 24.2 Å². The van der Waals surface area contributed by atoms with Crippen LogP contribution in [0.5, 0.6) is 0 Å². The van der Waals surface area contributed by atoms with E-state index in [1.807, 2.05) is 11.3 Å². The normalized spacial score (nSPS) is 35.1. The van der Waals surface area contributed by atoms with E-state index >= 15 is 0 Å². The Hall–Kier alpha value is -0.380. The van der Waals surface area contributed by atoms with Gasteiger partial charge in [-0.15, -0.1) is 11.3 Å². The lowest BCUT2D eigenvalue weighted by Crippen LogP contribution is -2.41. The van der Waals surface area contributed by atoms with Gasteiger partial charge in [0.05, 0.1) is 0 Å². The lowest BCUT2D eigenvalue weighted by atomic mass is 9.92. The molecule has 3 N–H and O–H groups in total. The summed E-state index contributed by atoms with van der Waals surface area (Å²) in [6.45, 7) is 0. The molecule has 3 rings (SSSR count). The van der Waals surface area contributed by atoms with Crippen molar-refractivity contribution in [2.24, 2.45) is 23.6 Å². The van der Waals surface area contributed by atoms with Crippen molar-refractivity contribution in [3.8, 4) is 0 Å². The molecule has 3 atom stereocenters. The molecule has 2 nitrogen and oxygen atoms in total. The maximum atomic E-state index is 5.68. The van der Waals surface area contributed by atoms with Crippen LogP contribution in [0.1, 0.15) is 24.1 Å². The van der Waals surface area contributed by atoms with E-state index in [-0.39, 0.29) is 0 Å². The zero-order chi connectivity index (χ0) is 10.3. The third-order valence-electron chi connectivity index (χ3n) is 4.06. The second-order valence-corrected chi connectivity index (χ2v) is 6.08. The maximum Gasteiger partial charge on any atom is 0.0287 e. The summed E-state index contributed by atoms with van der Waals surface area (Å²) in [6, 6.07) is 4.83. The number of hydrogen-bond donors (Lipinski definition) is 2. The molecular formula is C12H18N2S. The van der Waals surface area contributed by atoms with Gasteiger partial charge in [-0.1, -0.05) is 6.07 Å². The van der Waals surface area contributed by atoms with Crippen molar-refractivity contribution in [1.29, 1.82) is 0 Å². The topological polar surface area (TPSA) is 38.0 Å². The first kappa shape index (κ1) is 9.82. The Balaban J connectivity index is 1.61. The highest BCUT2D eigenvalue weighted by molar-refractivity contribution is 7.09. The number of hydrazine groups is 1. The fourth-order valence-corrected chi connectivity index (χ4v) is 3.86. The largest absolute Gasteiger partial charge is 0.271 e. The molecule has 3 heteroatoms. The predicted octanol–water partition coefficient (Wildman–Crippen LogP) is 2.17. The zero-order valence-corrected chi connectivity index (χ0v) is 9.67. The van der Waals surface area contributed by atoms with Crippen LogP contribution in [0.3, 0.4) is 0 Å². The molecule has 3 unspecified atom stereocenters. The van der Waals surface area contributed by atoms with Gasteiger partial charge in [0.2, 0.25) is 0 Å². The van der Waals surface area contributed by atoms with Crippen LogP contribution < -0.4 is 11.3 Å². The highest BCUT2D eigenvalue weighted by Gasteiger charge is 2.47. The van der Waals surface area contributed by atoms with Crippen molar-refractivity contribution in [1.82, 2.24) is 5.43 Å². The van der Waals surface area contributed by atoms with E-state index in [4.69, 9.17) is 5.84 Å². The molecule has 82 valence electrons. The first-order valence-electron chi connectivity index (χ1n) is 5.85. The quantitative estimate of drug-likeness (QED) is 0.605. The molecule has 15 heavy (non-hydrogen) atoms. The molecule has 2 aliphatic carbocycles. The lowest BCUT2D eigenvalue weighted by Gasteiger charge is -2.23. The van der Waals surface area contributed by atoms with Gasteiger partial charge in [-0.25, -0.2) is 0 Å². The minimum absolute atomic E-state index is 0.497. The Morgan fingerprint density at radius 1 is 1.40 bits per heavy atom. The molecule has 0 bridgehead atoms. The molecule has 2 saturated carbocycles. The molecule has 2 aliphatic rings.